The number of nitro benzene ring substituents is 1. The van der Waals surface area contributed by atoms with Crippen LogP contribution in [0, 0.1) is 15.9 Å². The largest absolute Gasteiger partial charge is 0.422 e. The van der Waals surface area contributed by atoms with Crippen molar-refractivity contribution in [3.63, 3.8) is 0 Å². The fourth-order valence-corrected chi connectivity index (χ4v) is 2.49. The second-order valence-electron chi connectivity index (χ2n) is 6.39. The lowest BCUT2D eigenvalue weighted by molar-refractivity contribution is -0.384. The number of hydrogen-bond acceptors (Lipinski definition) is 7. The summed E-state index contributed by atoms with van der Waals surface area (Å²) < 4.78 is 18.2. The number of ether oxygens (including phenoxy) is 1. The summed E-state index contributed by atoms with van der Waals surface area (Å²) in [5.41, 5.74) is 2.50. The van der Waals surface area contributed by atoms with E-state index in [2.05, 4.69) is 10.4 Å². The number of para-hydroxylation sites is 1. The molecule has 0 radical (unpaired) electrons. The first-order valence-electron chi connectivity index (χ1n) is 9.29. The number of hydrogen-bond donors (Lipinski definition) is 2. The van der Waals surface area contributed by atoms with Crippen molar-refractivity contribution in [1.82, 2.24) is 5.43 Å². The minimum Gasteiger partial charge on any atom is -0.422 e. The molecule has 0 spiro atoms. The van der Waals surface area contributed by atoms with Gasteiger partial charge in [0.05, 0.1) is 16.7 Å². The molecule has 2 N–H and O–H groups in total. The van der Waals surface area contributed by atoms with Crippen LogP contribution in [-0.2, 0) is 9.59 Å². The van der Waals surface area contributed by atoms with E-state index in [4.69, 9.17) is 4.74 Å². The summed E-state index contributed by atoms with van der Waals surface area (Å²) in [5, 5.41) is 16.7. The van der Waals surface area contributed by atoms with E-state index in [0.717, 1.165) is 12.1 Å². The van der Waals surface area contributed by atoms with Crippen molar-refractivity contribution in [2.24, 2.45) is 5.10 Å². The molecule has 0 heterocycles. The molecular formula is C22H15FN4O6. The van der Waals surface area contributed by atoms with Crippen molar-refractivity contribution in [1.29, 1.82) is 0 Å². The zero-order valence-electron chi connectivity index (χ0n) is 16.7. The lowest BCUT2D eigenvalue weighted by Gasteiger charge is -2.07. The third-order valence-electron chi connectivity index (χ3n) is 4.11. The smallest absolute Gasteiger partial charge is 0.343 e. The zero-order chi connectivity index (χ0) is 23.8. The third kappa shape index (κ3) is 6.28. The maximum Gasteiger partial charge on any atom is 0.343 e. The summed E-state index contributed by atoms with van der Waals surface area (Å²) in [4.78, 5) is 46.2. The fraction of sp³-hybridized carbons (Fsp3) is 0. The average molecular weight is 450 g/mol. The minimum absolute atomic E-state index is 0.0955. The summed E-state index contributed by atoms with van der Waals surface area (Å²) >= 11 is 0. The number of rotatable bonds is 6. The highest BCUT2D eigenvalue weighted by atomic mass is 19.1. The molecule has 0 saturated carbocycles. The molecule has 0 fully saturated rings. The van der Waals surface area contributed by atoms with E-state index in [0.29, 0.717) is 5.56 Å². The van der Waals surface area contributed by atoms with E-state index in [1.54, 1.807) is 18.2 Å². The second kappa shape index (κ2) is 10.4. The lowest BCUT2D eigenvalue weighted by Crippen LogP contribution is -2.32. The number of hydrazone groups is 1. The highest BCUT2D eigenvalue weighted by Crippen LogP contribution is 2.19. The molecule has 0 unspecified atom stereocenters. The van der Waals surface area contributed by atoms with Crippen LogP contribution in [-0.4, -0.2) is 28.9 Å². The van der Waals surface area contributed by atoms with Crippen molar-refractivity contribution in [3.8, 4) is 5.75 Å². The molecule has 0 saturated heterocycles. The van der Waals surface area contributed by atoms with Crippen LogP contribution in [0.15, 0.2) is 77.9 Å². The van der Waals surface area contributed by atoms with Gasteiger partial charge in [-0.3, -0.25) is 19.7 Å². The number of carbonyl (C=O) groups excluding carboxylic acids is 3. The Hall–Kier alpha value is -4.93. The van der Waals surface area contributed by atoms with Crippen LogP contribution in [0.4, 0.5) is 15.8 Å². The highest BCUT2D eigenvalue weighted by Gasteiger charge is 2.14. The van der Waals surface area contributed by atoms with Gasteiger partial charge in [-0.2, -0.15) is 5.10 Å². The Morgan fingerprint density at radius 2 is 1.61 bits per heavy atom. The van der Waals surface area contributed by atoms with E-state index in [1.807, 2.05) is 5.43 Å². The molecule has 0 aliphatic carbocycles. The first kappa shape index (κ1) is 22.7. The van der Waals surface area contributed by atoms with Crippen LogP contribution in [0.3, 0.4) is 0 Å². The number of nitro groups is 1. The van der Waals surface area contributed by atoms with Gasteiger partial charge in [-0.15, -0.1) is 0 Å². The molecular weight excluding hydrogens is 435 g/mol. The number of non-ortho nitro benzene ring substituents is 1. The molecule has 0 aliphatic rings. The Morgan fingerprint density at radius 3 is 2.27 bits per heavy atom. The summed E-state index contributed by atoms with van der Waals surface area (Å²) in [6.45, 7) is 0. The van der Waals surface area contributed by atoms with Gasteiger partial charge in [0.1, 0.15) is 11.6 Å². The molecule has 0 bridgehead atoms. The van der Waals surface area contributed by atoms with Crippen LogP contribution >= 0.6 is 0 Å². The second-order valence-corrected chi connectivity index (χ2v) is 6.39. The van der Waals surface area contributed by atoms with Crippen molar-refractivity contribution in [2.45, 2.75) is 0 Å². The Labute approximate surface area is 185 Å². The third-order valence-corrected chi connectivity index (χ3v) is 4.11. The standard InChI is InChI=1S/C22H15FN4O6/c23-16-7-9-17(10-8-16)25-20(28)21(29)26-24-13-15-3-1-2-4-19(15)33-22(30)14-5-11-18(12-6-14)27(31)32/h1-13H,(H,25,28)(H,26,29)/b24-13+. The normalized spacial score (nSPS) is 10.5. The van der Waals surface area contributed by atoms with E-state index in [1.165, 1.54) is 48.7 Å². The number of nitrogens with zero attached hydrogens (tertiary/aromatic N) is 2. The van der Waals surface area contributed by atoms with Crippen molar-refractivity contribution in [2.75, 3.05) is 5.32 Å². The molecule has 33 heavy (non-hydrogen) atoms. The van der Waals surface area contributed by atoms with Gasteiger partial charge in [0.2, 0.25) is 0 Å². The van der Waals surface area contributed by atoms with Crippen LogP contribution in [0.25, 0.3) is 0 Å². The number of halogens is 1. The Kier molecular flexibility index (Phi) is 7.17. The van der Waals surface area contributed by atoms with Crippen molar-refractivity contribution < 1.29 is 28.4 Å². The fourth-order valence-electron chi connectivity index (χ4n) is 2.49. The topological polar surface area (TPSA) is 140 Å². The summed E-state index contributed by atoms with van der Waals surface area (Å²) in [6.07, 6.45) is 1.17. The number of esters is 1. The van der Waals surface area contributed by atoms with E-state index in [-0.39, 0.29) is 22.7 Å². The van der Waals surface area contributed by atoms with Crippen LogP contribution in [0.1, 0.15) is 15.9 Å². The van der Waals surface area contributed by atoms with E-state index in [9.17, 15) is 28.9 Å². The van der Waals surface area contributed by atoms with Crippen LogP contribution in [0.2, 0.25) is 0 Å². The predicted octanol–water partition coefficient (Wildman–Crippen LogP) is 3.04. The Balaban J connectivity index is 1.61. The zero-order valence-corrected chi connectivity index (χ0v) is 16.7. The van der Waals surface area contributed by atoms with Crippen LogP contribution in [0.5, 0.6) is 5.75 Å². The molecule has 10 nitrogen and oxygen atoms in total. The number of carbonyl (C=O) groups is 3. The molecule has 11 heteroatoms. The van der Waals surface area contributed by atoms with Gasteiger partial charge in [0, 0.05) is 23.4 Å². The summed E-state index contributed by atoms with van der Waals surface area (Å²) in [6, 6.07) is 16.0. The maximum absolute atomic E-state index is 12.9. The first-order chi connectivity index (χ1) is 15.8. The predicted molar refractivity (Wildman–Crippen MR) is 115 cm³/mol. The van der Waals surface area contributed by atoms with Gasteiger partial charge in [0.15, 0.2) is 0 Å². The van der Waals surface area contributed by atoms with Crippen molar-refractivity contribution in [3.05, 3.63) is 99.9 Å². The van der Waals surface area contributed by atoms with Gasteiger partial charge in [-0.1, -0.05) is 12.1 Å². The molecule has 0 atom stereocenters. The number of benzene rings is 3. The molecule has 3 aromatic carbocycles. The van der Waals surface area contributed by atoms with E-state index < -0.39 is 28.5 Å². The quantitative estimate of drug-likeness (QED) is 0.148. The Bertz CT molecular complexity index is 1230. The molecule has 0 aliphatic heterocycles. The molecule has 2 amide bonds. The Morgan fingerprint density at radius 1 is 0.939 bits per heavy atom. The molecule has 166 valence electrons. The number of nitrogens with one attached hydrogen (secondary N) is 2. The van der Waals surface area contributed by atoms with Gasteiger partial charge in [-0.05, 0) is 48.5 Å². The van der Waals surface area contributed by atoms with E-state index >= 15 is 0 Å². The van der Waals surface area contributed by atoms with Gasteiger partial charge in [-0.25, -0.2) is 14.6 Å². The summed E-state index contributed by atoms with van der Waals surface area (Å²) in [7, 11) is 0. The van der Waals surface area contributed by atoms with Gasteiger partial charge < -0.3 is 10.1 Å². The van der Waals surface area contributed by atoms with Crippen LogP contribution < -0.4 is 15.5 Å². The SMILES string of the molecule is O=C(N/N=C/c1ccccc1OC(=O)c1ccc([N+](=O)[O-])cc1)C(=O)Nc1ccc(F)cc1. The molecule has 3 aromatic rings. The van der Waals surface area contributed by atoms with Gasteiger partial charge in [0.25, 0.3) is 5.69 Å². The lowest BCUT2D eigenvalue weighted by atomic mass is 10.2. The molecule has 0 aromatic heterocycles. The maximum atomic E-state index is 12.9. The monoisotopic (exact) mass is 450 g/mol. The highest BCUT2D eigenvalue weighted by molar-refractivity contribution is 6.39. The average Bonchev–Trinajstić information content (AvgIpc) is 2.81. The number of amides is 2. The summed E-state index contributed by atoms with van der Waals surface area (Å²) in [5.74, 6) is -3.23. The first-order valence-corrected chi connectivity index (χ1v) is 9.29. The van der Waals surface area contributed by atoms with Crippen molar-refractivity contribution >= 4 is 35.4 Å². The van der Waals surface area contributed by atoms with Gasteiger partial charge >= 0.3 is 17.8 Å². The number of anilines is 1. The minimum atomic E-state index is -1.07. The molecule has 3 rings (SSSR count).